The van der Waals surface area contributed by atoms with Gasteiger partial charge in [-0.05, 0) is 56.3 Å². The second-order valence-electron chi connectivity index (χ2n) is 8.01. The molecule has 1 aromatic carbocycles. The summed E-state index contributed by atoms with van der Waals surface area (Å²) >= 11 is 0. The first-order valence-electron chi connectivity index (χ1n) is 10.3. The highest BCUT2D eigenvalue weighted by Crippen LogP contribution is 2.35. The maximum atomic E-state index is 13.3. The van der Waals surface area contributed by atoms with Gasteiger partial charge in [0.1, 0.15) is 5.82 Å². The molecule has 2 aromatic heterocycles. The van der Waals surface area contributed by atoms with E-state index in [1.165, 1.54) is 12.8 Å². The SMILES string of the molecule is COc1nccc(CN2CCCC2c2nc3ccccc3c(=O)n2CC2CC2)n1. The molecule has 29 heavy (non-hydrogen) atoms. The quantitative estimate of drug-likeness (QED) is 0.643. The molecule has 150 valence electrons. The molecule has 0 bridgehead atoms. The van der Waals surface area contributed by atoms with Crippen LogP contribution in [0.25, 0.3) is 10.9 Å². The van der Waals surface area contributed by atoms with Crippen LogP contribution in [0.3, 0.4) is 0 Å². The van der Waals surface area contributed by atoms with E-state index in [2.05, 4.69) is 14.9 Å². The highest BCUT2D eigenvalue weighted by molar-refractivity contribution is 5.77. The maximum absolute atomic E-state index is 13.3. The van der Waals surface area contributed by atoms with E-state index in [1.807, 2.05) is 34.9 Å². The van der Waals surface area contributed by atoms with Crippen molar-refractivity contribution in [3.63, 3.8) is 0 Å². The number of nitrogens with zero attached hydrogens (tertiary/aromatic N) is 5. The lowest BCUT2D eigenvalue weighted by Gasteiger charge is -2.26. The minimum absolute atomic E-state index is 0.0908. The van der Waals surface area contributed by atoms with Crippen molar-refractivity contribution >= 4 is 10.9 Å². The second-order valence-corrected chi connectivity index (χ2v) is 8.01. The monoisotopic (exact) mass is 391 g/mol. The molecule has 7 nitrogen and oxygen atoms in total. The molecule has 0 spiro atoms. The van der Waals surface area contributed by atoms with Gasteiger partial charge in [0.15, 0.2) is 0 Å². The predicted molar refractivity (Wildman–Crippen MR) is 110 cm³/mol. The Balaban J connectivity index is 1.53. The summed E-state index contributed by atoms with van der Waals surface area (Å²) in [6.07, 6.45) is 6.21. The van der Waals surface area contributed by atoms with E-state index >= 15 is 0 Å². The molecule has 1 atom stereocenters. The third-order valence-corrected chi connectivity index (χ3v) is 5.93. The number of para-hydroxylation sites is 1. The normalized spacial score (nSPS) is 19.7. The van der Waals surface area contributed by atoms with Crippen LogP contribution in [0.2, 0.25) is 0 Å². The molecule has 5 rings (SSSR count). The number of ether oxygens (including phenoxy) is 1. The molecule has 1 unspecified atom stereocenters. The lowest BCUT2D eigenvalue weighted by atomic mass is 10.1. The summed E-state index contributed by atoms with van der Waals surface area (Å²) in [4.78, 5) is 29.2. The van der Waals surface area contributed by atoms with Crippen molar-refractivity contribution in [2.75, 3.05) is 13.7 Å². The molecule has 0 N–H and O–H groups in total. The summed E-state index contributed by atoms with van der Waals surface area (Å²) in [7, 11) is 1.58. The van der Waals surface area contributed by atoms with Crippen molar-refractivity contribution in [1.82, 2.24) is 24.4 Å². The van der Waals surface area contributed by atoms with E-state index in [0.717, 1.165) is 43.0 Å². The Kier molecular flexibility index (Phi) is 4.75. The summed E-state index contributed by atoms with van der Waals surface area (Å²) in [6.45, 7) is 2.43. The molecule has 1 saturated heterocycles. The van der Waals surface area contributed by atoms with Gasteiger partial charge in [-0.15, -0.1) is 0 Å². The standard InChI is InChI=1S/C22H25N5O2/c1-29-22-23-11-10-16(24-22)14-26-12-4-7-19(26)20-25-18-6-3-2-5-17(18)21(28)27(20)13-15-8-9-15/h2-3,5-6,10-11,15,19H,4,7-9,12-14H2,1H3. The molecular formula is C22H25N5O2. The van der Waals surface area contributed by atoms with Crippen LogP contribution < -0.4 is 10.3 Å². The Hall–Kier alpha value is -2.80. The molecule has 7 heteroatoms. The molecule has 1 saturated carbocycles. The third kappa shape index (κ3) is 3.62. The lowest BCUT2D eigenvalue weighted by molar-refractivity contribution is 0.228. The van der Waals surface area contributed by atoms with Gasteiger partial charge in [0.25, 0.3) is 5.56 Å². The lowest BCUT2D eigenvalue weighted by Crippen LogP contribution is -2.32. The molecule has 0 amide bonds. The Bertz CT molecular complexity index is 1090. The minimum atomic E-state index is 0.0908. The largest absolute Gasteiger partial charge is 0.467 e. The van der Waals surface area contributed by atoms with Gasteiger partial charge in [0.05, 0.1) is 29.7 Å². The van der Waals surface area contributed by atoms with Crippen LogP contribution in [-0.4, -0.2) is 38.1 Å². The van der Waals surface area contributed by atoms with Crippen molar-refractivity contribution in [1.29, 1.82) is 0 Å². The van der Waals surface area contributed by atoms with Gasteiger partial charge in [0.2, 0.25) is 0 Å². The molecule has 0 radical (unpaired) electrons. The first-order chi connectivity index (χ1) is 14.2. The van der Waals surface area contributed by atoms with E-state index in [1.54, 1.807) is 13.3 Å². The van der Waals surface area contributed by atoms with Gasteiger partial charge < -0.3 is 4.74 Å². The molecule has 1 aliphatic heterocycles. The fourth-order valence-corrected chi connectivity index (χ4v) is 4.25. The minimum Gasteiger partial charge on any atom is -0.467 e. The number of methoxy groups -OCH3 is 1. The second kappa shape index (κ2) is 7.55. The smallest absolute Gasteiger partial charge is 0.316 e. The van der Waals surface area contributed by atoms with Crippen LogP contribution in [0.15, 0.2) is 41.3 Å². The van der Waals surface area contributed by atoms with Crippen LogP contribution >= 0.6 is 0 Å². The Morgan fingerprint density at radius 2 is 2.00 bits per heavy atom. The maximum Gasteiger partial charge on any atom is 0.316 e. The molecule has 1 aliphatic carbocycles. The third-order valence-electron chi connectivity index (χ3n) is 5.93. The summed E-state index contributed by atoms with van der Waals surface area (Å²) in [6, 6.07) is 10.1. The zero-order chi connectivity index (χ0) is 19.8. The van der Waals surface area contributed by atoms with Gasteiger partial charge >= 0.3 is 6.01 Å². The highest BCUT2D eigenvalue weighted by atomic mass is 16.5. The average Bonchev–Trinajstić information content (AvgIpc) is 3.46. The number of fused-ring (bicyclic) bond motifs is 1. The van der Waals surface area contributed by atoms with Crippen molar-refractivity contribution in [2.24, 2.45) is 5.92 Å². The fourth-order valence-electron chi connectivity index (χ4n) is 4.25. The summed E-state index contributed by atoms with van der Waals surface area (Å²) in [5, 5.41) is 0.710. The zero-order valence-electron chi connectivity index (χ0n) is 16.6. The van der Waals surface area contributed by atoms with E-state index < -0.39 is 0 Å². The van der Waals surface area contributed by atoms with Crippen LogP contribution in [0.4, 0.5) is 0 Å². The number of rotatable bonds is 6. The van der Waals surface area contributed by atoms with Crippen LogP contribution in [0.5, 0.6) is 6.01 Å². The topological polar surface area (TPSA) is 73.1 Å². The van der Waals surface area contributed by atoms with Crippen LogP contribution in [0, 0.1) is 5.92 Å². The predicted octanol–water partition coefficient (Wildman–Crippen LogP) is 2.94. The van der Waals surface area contributed by atoms with Crippen LogP contribution in [-0.2, 0) is 13.1 Å². The number of hydrogen-bond donors (Lipinski definition) is 0. The number of likely N-dealkylation sites (tertiary alicyclic amines) is 1. The summed E-state index contributed by atoms with van der Waals surface area (Å²) < 4.78 is 7.11. The van der Waals surface area contributed by atoms with E-state index in [0.29, 0.717) is 23.9 Å². The zero-order valence-corrected chi connectivity index (χ0v) is 16.6. The Labute approximate surface area is 169 Å². The first kappa shape index (κ1) is 18.2. The first-order valence-corrected chi connectivity index (χ1v) is 10.3. The van der Waals surface area contributed by atoms with Gasteiger partial charge in [0, 0.05) is 19.3 Å². The van der Waals surface area contributed by atoms with Gasteiger partial charge in [-0.25, -0.2) is 9.97 Å². The Morgan fingerprint density at radius 1 is 1.14 bits per heavy atom. The molecule has 3 heterocycles. The van der Waals surface area contributed by atoms with Crippen molar-refractivity contribution < 1.29 is 4.74 Å². The van der Waals surface area contributed by atoms with Gasteiger partial charge in [-0.2, -0.15) is 4.98 Å². The van der Waals surface area contributed by atoms with E-state index in [4.69, 9.17) is 9.72 Å². The number of aromatic nitrogens is 4. The fraction of sp³-hybridized carbons (Fsp3) is 0.455. The number of benzene rings is 1. The van der Waals surface area contributed by atoms with E-state index in [-0.39, 0.29) is 11.6 Å². The summed E-state index contributed by atoms with van der Waals surface area (Å²) in [5.41, 5.74) is 1.80. The van der Waals surface area contributed by atoms with Crippen molar-refractivity contribution in [3.05, 3.63) is 58.4 Å². The molecular weight excluding hydrogens is 366 g/mol. The van der Waals surface area contributed by atoms with Crippen LogP contribution in [0.1, 0.15) is 43.2 Å². The van der Waals surface area contributed by atoms with Crippen molar-refractivity contribution in [2.45, 2.75) is 44.8 Å². The van der Waals surface area contributed by atoms with Gasteiger partial charge in [-0.1, -0.05) is 12.1 Å². The van der Waals surface area contributed by atoms with E-state index in [9.17, 15) is 4.79 Å². The number of hydrogen-bond acceptors (Lipinski definition) is 6. The summed E-state index contributed by atoms with van der Waals surface area (Å²) in [5.74, 6) is 1.51. The highest BCUT2D eigenvalue weighted by Gasteiger charge is 2.32. The average molecular weight is 391 g/mol. The van der Waals surface area contributed by atoms with Gasteiger partial charge in [-0.3, -0.25) is 14.3 Å². The Morgan fingerprint density at radius 3 is 2.83 bits per heavy atom. The van der Waals surface area contributed by atoms with Crippen molar-refractivity contribution in [3.8, 4) is 6.01 Å². The molecule has 3 aromatic rings. The molecule has 2 fully saturated rings. The molecule has 2 aliphatic rings.